The van der Waals surface area contributed by atoms with E-state index in [0.717, 1.165) is 16.3 Å². The molecule has 9 heteroatoms. The number of hydrogen-bond donors (Lipinski definition) is 4. The Hall–Kier alpha value is -5.18. The molecule has 4 N–H and O–H groups in total. The number of alkyl carbamates (subject to hydrolysis) is 1. The fourth-order valence-electron chi connectivity index (χ4n) is 4.43. The van der Waals surface area contributed by atoms with Crippen molar-refractivity contribution in [1.82, 2.24) is 10.6 Å². The number of aliphatic carboxylic acids is 1. The quantitative estimate of drug-likeness (QED) is 0.162. The minimum absolute atomic E-state index is 0.0823. The lowest BCUT2D eigenvalue weighted by Crippen LogP contribution is -2.44. The number of benzene rings is 4. The highest BCUT2D eigenvalue weighted by Gasteiger charge is 2.22. The highest BCUT2D eigenvalue weighted by Crippen LogP contribution is 2.19. The first kappa shape index (κ1) is 29.8. The lowest BCUT2D eigenvalue weighted by atomic mass is 10.0. The number of hydrogen-bond acceptors (Lipinski definition) is 5. The van der Waals surface area contributed by atoms with Crippen LogP contribution in [-0.2, 0) is 27.4 Å². The first-order valence-electron chi connectivity index (χ1n) is 13.7. The number of fused-ring (bicyclic) bond motifs is 1. The van der Waals surface area contributed by atoms with Crippen LogP contribution in [0.25, 0.3) is 10.8 Å². The molecule has 0 aliphatic rings. The molecule has 42 heavy (non-hydrogen) atoms. The summed E-state index contributed by atoms with van der Waals surface area (Å²) in [6, 6.07) is 28.4. The summed E-state index contributed by atoms with van der Waals surface area (Å²) in [5.41, 5.74) is 2.44. The normalized spacial score (nSPS) is 11.3. The first-order valence-corrected chi connectivity index (χ1v) is 13.7. The van der Waals surface area contributed by atoms with Gasteiger partial charge in [0.2, 0.25) is 5.91 Å². The van der Waals surface area contributed by atoms with Gasteiger partial charge in [-0.15, -0.1) is 0 Å². The Balaban J connectivity index is 1.40. The molecule has 0 heterocycles. The third kappa shape index (κ3) is 8.92. The van der Waals surface area contributed by atoms with Gasteiger partial charge in [-0.05, 0) is 59.4 Å². The molecule has 0 unspecified atom stereocenters. The molecule has 0 aliphatic heterocycles. The molecule has 4 aromatic carbocycles. The van der Waals surface area contributed by atoms with Crippen LogP contribution < -0.4 is 16.0 Å². The smallest absolute Gasteiger partial charge is 0.407 e. The van der Waals surface area contributed by atoms with Crippen LogP contribution in [0.1, 0.15) is 40.7 Å². The molecule has 0 bridgehead atoms. The van der Waals surface area contributed by atoms with Crippen LogP contribution in [0, 0.1) is 0 Å². The number of amides is 3. The van der Waals surface area contributed by atoms with E-state index in [1.807, 2.05) is 60.7 Å². The Morgan fingerprint density at radius 1 is 0.810 bits per heavy atom. The zero-order valence-electron chi connectivity index (χ0n) is 23.0. The fourth-order valence-corrected chi connectivity index (χ4v) is 4.43. The van der Waals surface area contributed by atoms with E-state index in [4.69, 9.17) is 9.84 Å². The molecule has 3 amide bonds. The second-order valence-electron chi connectivity index (χ2n) is 9.76. The second kappa shape index (κ2) is 15.0. The van der Waals surface area contributed by atoms with Gasteiger partial charge in [0, 0.05) is 24.2 Å². The average molecular weight is 568 g/mol. The van der Waals surface area contributed by atoms with Gasteiger partial charge in [-0.2, -0.15) is 0 Å². The van der Waals surface area contributed by atoms with Gasteiger partial charge in [0.15, 0.2) is 0 Å². The lowest BCUT2D eigenvalue weighted by Gasteiger charge is -2.20. The van der Waals surface area contributed by atoms with Crippen LogP contribution in [0.15, 0.2) is 97.1 Å². The molecule has 0 aromatic heterocycles. The maximum atomic E-state index is 13.4. The van der Waals surface area contributed by atoms with Crippen molar-refractivity contribution in [3.8, 4) is 0 Å². The summed E-state index contributed by atoms with van der Waals surface area (Å²) in [6.45, 7) is 0.374. The number of carbonyl (C=O) groups is 4. The van der Waals surface area contributed by atoms with Crippen molar-refractivity contribution in [1.29, 1.82) is 0 Å². The molecular formula is C33H33N3O6. The summed E-state index contributed by atoms with van der Waals surface area (Å²) in [6.07, 6.45) is 0.210. The van der Waals surface area contributed by atoms with Gasteiger partial charge in [0.05, 0.1) is 0 Å². The van der Waals surface area contributed by atoms with Crippen LogP contribution in [0.3, 0.4) is 0 Å². The molecule has 9 nitrogen and oxygen atoms in total. The van der Waals surface area contributed by atoms with E-state index in [-0.39, 0.29) is 32.4 Å². The zero-order valence-corrected chi connectivity index (χ0v) is 23.0. The number of anilines is 1. The Labute approximate surface area is 243 Å². The van der Waals surface area contributed by atoms with Gasteiger partial charge in [-0.3, -0.25) is 14.4 Å². The van der Waals surface area contributed by atoms with E-state index in [9.17, 15) is 19.2 Å². The number of aryl methyl sites for hydroxylation is 1. The zero-order chi connectivity index (χ0) is 29.7. The number of carboxylic acid groups (broad SMARTS) is 1. The van der Waals surface area contributed by atoms with Crippen molar-refractivity contribution in [3.05, 3.63) is 114 Å². The topological polar surface area (TPSA) is 134 Å². The van der Waals surface area contributed by atoms with Crippen molar-refractivity contribution in [3.63, 3.8) is 0 Å². The standard InChI is InChI=1S/C33H33N3O6/c37-30(38)19-18-25-12-6-7-14-28(25)35-32(40)29(15-8-20-34-33(41)42-22-23-9-2-1-3-10-23)36-31(39)27-17-16-24-11-4-5-13-26(24)21-27/h1-7,9-14,16-17,21,29H,8,15,18-20,22H2,(H,34,41)(H,35,40)(H,36,39)(H,37,38)/t29-/m0/s1. The van der Waals surface area contributed by atoms with Gasteiger partial charge < -0.3 is 25.8 Å². The van der Waals surface area contributed by atoms with E-state index >= 15 is 0 Å². The predicted molar refractivity (Wildman–Crippen MR) is 160 cm³/mol. The molecule has 0 aliphatic carbocycles. The maximum absolute atomic E-state index is 13.4. The maximum Gasteiger partial charge on any atom is 0.407 e. The monoisotopic (exact) mass is 567 g/mol. The van der Waals surface area contributed by atoms with Gasteiger partial charge >= 0.3 is 12.1 Å². The Morgan fingerprint density at radius 2 is 1.52 bits per heavy atom. The summed E-state index contributed by atoms with van der Waals surface area (Å²) in [5, 5.41) is 19.3. The van der Waals surface area contributed by atoms with Crippen molar-refractivity contribution < 1.29 is 29.0 Å². The SMILES string of the molecule is O=C(O)CCc1ccccc1NC(=O)[C@H](CCCNC(=O)OCc1ccccc1)NC(=O)c1ccc2ccccc2c1. The number of carboxylic acids is 1. The van der Waals surface area contributed by atoms with E-state index in [1.54, 1.807) is 36.4 Å². The Morgan fingerprint density at radius 3 is 2.31 bits per heavy atom. The van der Waals surface area contributed by atoms with Gasteiger partial charge in [0.25, 0.3) is 5.91 Å². The van der Waals surface area contributed by atoms with Gasteiger partial charge in [-0.25, -0.2) is 4.79 Å². The molecule has 216 valence electrons. The van der Waals surface area contributed by atoms with E-state index in [2.05, 4.69) is 16.0 Å². The van der Waals surface area contributed by atoms with Crippen LogP contribution >= 0.6 is 0 Å². The largest absolute Gasteiger partial charge is 0.481 e. The minimum atomic E-state index is -0.938. The van der Waals surface area contributed by atoms with Crippen LogP contribution in [0.5, 0.6) is 0 Å². The summed E-state index contributed by atoms with van der Waals surface area (Å²) in [4.78, 5) is 49.8. The molecule has 0 fully saturated rings. The first-order chi connectivity index (χ1) is 20.4. The summed E-state index contributed by atoms with van der Waals surface area (Å²) < 4.78 is 5.23. The van der Waals surface area contributed by atoms with E-state index < -0.39 is 29.9 Å². The average Bonchev–Trinajstić information content (AvgIpc) is 3.01. The molecule has 4 aromatic rings. The highest BCUT2D eigenvalue weighted by molar-refractivity contribution is 6.03. The van der Waals surface area contributed by atoms with Crippen molar-refractivity contribution >= 4 is 40.3 Å². The van der Waals surface area contributed by atoms with E-state index in [0.29, 0.717) is 23.2 Å². The van der Waals surface area contributed by atoms with Crippen molar-refractivity contribution in [2.24, 2.45) is 0 Å². The van der Waals surface area contributed by atoms with Gasteiger partial charge in [-0.1, -0.05) is 78.9 Å². The highest BCUT2D eigenvalue weighted by atomic mass is 16.5. The predicted octanol–water partition coefficient (Wildman–Crippen LogP) is 5.30. The Bertz CT molecular complexity index is 1540. The van der Waals surface area contributed by atoms with Crippen LogP contribution in [-0.4, -0.2) is 41.6 Å². The molecule has 1 atom stereocenters. The van der Waals surface area contributed by atoms with Gasteiger partial charge in [0.1, 0.15) is 12.6 Å². The fraction of sp³-hybridized carbons (Fsp3) is 0.212. The number of nitrogens with one attached hydrogen (secondary N) is 3. The minimum Gasteiger partial charge on any atom is -0.481 e. The molecule has 0 radical (unpaired) electrons. The molecule has 4 rings (SSSR count). The molecule has 0 saturated heterocycles. The number of carbonyl (C=O) groups excluding carboxylic acids is 3. The van der Waals surface area contributed by atoms with Crippen molar-refractivity contribution in [2.45, 2.75) is 38.3 Å². The summed E-state index contributed by atoms with van der Waals surface area (Å²) >= 11 is 0. The number of rotatable bonds is 13. The number of para-hydroxylation sites is 1. The molecule has 0 spiro atoms. The second-order valence-corrected chi connectivity index (χ2v) is 9.76. The summed E-state index contributed by atoms with van der Waals surface area (Å²) in [7, 11) is 0. The van der Waals surface area contributed by atoms with Crippen LogP contribution in [0.4, 0.5) is 10.5 Å². The van der Waals surface area contributed by atoms with E-state index in [1.165, 1.54) is 0 Å². The number of ether oxygens (including phenoxy) is 1. The third-order valence-corrected chi connectivity index (χ3v) is 6.67. The molecule has 0 saturated carbocycles. The molecular weight excluding hydrogens is 534 g/mol. The summed E-state index contributed by atoms with van der Waals surface area (Å²) in [5.74, 6) is -1.79. The van der Waals surface area contributed by atoms with Crippen molar-refractivity contribution in [2.75, 3.05) is 11.9 Å². The lowest BCUT2D eigenvalue weighted by molar-refractivity contribution is -0.137. The third-order valence-electron chi connectivity index (χ3n) is 6.67. The van der Waals surface area contributed by atoms with Crippen LogP contribution in [0.2, 0.25) is 0 Å². The Kier molecular flexibility index (Phi) is 10.6.